The van der Waals surface area contributed by atoms with Crippen molar-refractivity contribution >= 4 is 10.8 Å². The molecule has 0 bridgehead atoms. The topological polar surface area (TPSA) is 37.8 Å². The highest BCUT2D eigenvalue weighted by molar-refractivity contribution is 5.83. The Balaban J connectivity index is 2.41. The Morgan fingerprint density at radius 1 is 1.24 bits per heavy atom. The van der Waals surface area contributed by atoms with Crippen LogP contribution in [0.4, 0.5) is 0 Å². The van der Waals surface area contributed by atoms with Crippen LogP contribution in [0.2, 0.25) is 0 Å². The molecule has 17 heavy (non-hydrogen) atoms. The third kappa shape index (κ3) is 2.44. The van der Waals surface area contributed by atoms with Crippen molar-refractivity contribution in [3.8, 4) is 0 Å². The summed E-state index contributed by atoms with van der Waals surface area (Å²) in [6.45, 7) is 7.49. The Hall–Kier alpha value is -1.48. The molecular formula is C14H19N3. The van der Waals surface area contributed by atoms with Crippen molar-refractivity contribution in [3.63, 3.8) is 0 Å². The third-order valence-corrected chi connectivity index (χ3v) is 3.31. The molecule has 3 heteroatoms. The number of nitrogens with zero attached hydrogens (tertiary/aromatic N) is 2. The minimum atomic E-state index is 0.355. The summed E-state index contributed by atoms with van der Waals surface area (Å²) in [6.07, 6.45) is 1.82. The van der Waals surface area contributed by atoms with Gasteiger partial charge in [-0.1, -0.05) is 38.1 Å². The first-order valence-corrected chi connectivity index (χ1v) is 6.17. The number of hydrogen-bond donors (Lipinski definition) is 1. The van der Waals surface area contributed by atoms with Crippen molar-refractivity contribution in [2.75, 3.05) is 6.54 Å². The lowest BCUT2D eigenvalue weighted by Gasteiger charge is -2.20. The Bertz CT molecular complexity index is 490. The maximum absolute atomic E-state index is 4.32. The molecule has 2 rings (SSSR count). The molecule has 0 saturated heterocycles. The predicted molar refractivity (Wildman–Crippen MR) is 71.1 cm³/mol. The van der Waals surface area contributed by atoms with Gasteiger partial charge in [0, 0.05) is 22.7 Å². The molecule has 1 aromatic carbocycles. The second-order valence-corrected chi connectivity index (χ2v) is 4.45. The zero-order valence-electron chi connectivity index (χ0n) is 10.6. The average Bonchev–Trinajstić information content (AvgIpc) is 2.37. The molecule has 0 spiro atoms. The second-order valence-electron chi connectivity index (χ2n) is 4.45. The van der Waals surface area contributed by atoms with Crippen molar-refractivity contribution in [3.05, 3.63) is 36.2 Å². The van der Waals surface area contributed by atoms with Gasteiger partial charge in [-0.15, -0.1) is 0 Å². The van der Waals surface area contributed by atoms with Crippen LogP contribution >= 0.6 is 0 Å². The summed E-state index contributed by atoms with van der Waals surface area (Å²) in [4.78, 5) is 0. The molecule has 2 unspecified atom stereocenters. The number of aromatic nitrogens is 2. The summed E-state index contributed by atoms with van der Waals surface area (Å²) < 4.78 is 0. The molecule has 1 N–H and O–H groups in total. The summed E-state index contributed by atoms with van der Waals surface area (Å²) >= 11 is 0. The van der Waals surface area contributed by atoms with Crippen LogP contribution in [0, 0.1) is 0 Å². The molecule has 2 atom stereocenters. The third-order valence-electron chi connectivity index (χ3n) is 3.31. The van der Waals surface area contributed by atoms with Gasteiger partial charge in [0.15, 0.2) is 0 Å². The predicted octanol–water partition coefficient (Wildman–Crippen LogP) is 2.73. The van der Waals surface area contributed by atoms with E-state index in [4.69, 9.17) is 0 Å². The van der Waals surface area contributed by atoms with E-state index in [2.05, 4.69) is 54.5 Å². The fourth-order valence-corrected chi connectivity index (χ4v) is 2.12. The molecule has 0 amide bonds. The van der Waals surface area contributed by atoms with Crippen LogP contribution in [0.15, 0.2) is 30.5 Å². The fraction of sp³-hybridized carbons (Fsp3) is 0.429. The lowest BCUT2D eigenvalue weighted by Crippen LogP contribution is -2.31. The van der Waals surface area contributed by atoms with Crippen molar-refractivity contribution in [2.45, 2.75) is 32.7 Å². The van der Waals surface area contributed by atoms with E-state index in [0.29, 0.717) is 12.0 Å². The number of benzene rings is 1. The molecule has 2 aromatic rings. The van der Waals surface area contributed by atoms with Crippen LogP contribution in [-0.2, 0) is 0 Å². The highest BCUT2D eigenvalue weighted by atomic mass is 15.1. The molecule has 0 saturated carbocycles. The van der Waals surface area contributed by atoms with Gasteiger partial charge in [0.1, 0.15) is 0 Å². The fourth-order valence-electron chi connectivity index (χ4n) is 2.12. The minimum Gasteiger partial charge on any atom is -0.314 e. The number of hydrogen-bond acceptors (Lipinski definition) is 3. The van der Waals surface area contributed by atoms with Gasteiger partial charge in [0.2, 0.25) is 0 Å². The number of nitrogens with one attached hydrogen (secondary N) is 1. The summed E-state index contributed by atoms with van der Waals surface area (Å²) in [5.41, 5.74) is 1.08. The molecule has 0 fully saturated rings. The van der Waals surface area contributed by atoms with Gasteiger partial charge < -0.3 is 5.32 Å². The van der Waals surface area contributed by atoms with Crippen molar-refractivity contribution in [1.29, 1.82) is 0 Å². The summed E-state index contributed by atoms with van der Waals surface area (Å²) in [7, 11) is 0. The quantitative estimate of drug-likeness (QED) is 0.876. The average molecular weight is 229 g/mol. The van der Waals surface area contributed by atoms with Gasteiger partial charge in [-0.3, -0.25) is 0 Å². The van der Waals surface area contributed by atoms with E-state index in [9.17, 15) is 0 Å². The summed E-state index contributed by atoms with van der Waals surface area (Å²) in [6, 6.07) is 8.69. The first-order valence-electron chi connectivity index (χ1n) is 6.17. The first-order chi connectivity index (χ1) is 8.24. The smallest absolute Gasteiger partial charge is 0.0752 e. The molecule has 1 heterocycles. The van der Waals surface area contributed by atoms with Gasteiger partial charge in [0.05, 0.1) is 11.9 Å². The molecule has 0 aliphatic heterocycles. The Morgan fingerprint density at radius 3 is 2.76 bits per heavy atom. The molecule has 90 valence electrons. The van der Waals surface area contributed by atoms with Gasteiger partial charge >= 0.3 is 0 Å². The Labute approximate surface area is 102 Å². The largest absolute Gasteiger partial charge is 0.314 e. The van der Waals surface area contributed by atoms with E-state index in [1.807, 2.05) is 12.3 Å². The standard InChI is InChI=1S/C14H19N3/c1-4-15-11(3)10(2)14-13-8-6-5-7-12(13)9-16-17-14/h5-11,15H,4H2,1-3H3. The maximum Gasteiger partial charge on any atom is 0.0752 e. The van der Waals surface area contributed by atoms with E-state index in [0.717, 1.165) is 17.6 Å². The van der Waals surface area contributed by atoms with Gasteiger partial charge in [-0.25, -0.2) is 0 Å². The van der Waals surface area contributed by atoms with Crippen LogP contribution in [-0.4, -0.2) is 22.8 Å². The van der Waals surface area contributed by atoms with E-state index in [1.54, 1.807) is 0 Å². The molecular weight excluding hydrogens is 210 g/mol. The number of rotatable bonds is 4. The zero-order valence-corrected chi connectivity index (χ0v) is 10.6. The van der Waals surface area contributed by atoms with Crippen molar-refractivity contribution in [2.24, 2.45) is 0 Å². The monoisotopic (exact) mass is 229 g/mol. The molecule has 0 aliphatic rings. The van der Waals surface area contributed by atoms with Crippen LogP contribution in [0.1, 0.15) is 32.4 Å². The number of likely N-dealkylation sites (N-methyl/N-ethyl adjacent to an activating group) is 1. The lowest BCUT2D eigenvalue weighted by atomic mass is 9.95. The maximum atomic E-state index is 4.32. The van der Waals surface area contributed by atoms with Gasteiger partial charge in [-0.05, 0) is 13.5 Å². The molecule has 0 radical (unpaired) electrons. The zero-order chi connectivity index (χ0) is 12.3. The van der Waals surface area contributed by atoms with E-state index in [-0.39, 0.29) is 0 Å². The number of fused-ring (bicyclic) bond motifs is 1. The van der Waals surface area contributed by atoms with Crippen LogP contribution in [0.5, 0.6) is 0 Å². The van der Waals surface area contributed by atoms with Crippen molar-refractivity contribution < 1.29 is 0 Å². The Kier molecular flexibility index (Phi) is 3.69. The van der Waals surface area contributed by atoms with Crippen molar-refractivity contribution in [1.82, 2.24) is 15.5 Å². The molecule has 3 nitrogen and oxygen atoms in total. The van der Waals surface area contributed by atoms with E-state index >= 15 is 0 Å². The lowest BCUT2D eigenvalue weighted by molar-refractivity contribution is 0.487. The summed E-state index contributed by atoms with van der Waals surface area (Å²) in [5, 5.41) is 14.2. The van der Waals surface area contributed by atoms with Crippen LogP contribution < -0.4 is 5.32 Å². The van der Waals surface area contributed by atoms with Crippen LogP contribution in [0.25, 0.3) is 10.8 Å². The normalized spacial score (nSPS) is 14.8. The Morgan fingerprint density at radius 2 is 2.00 bits per heavy atom. The van der Waals surface area contributed by atoms with E-state index < -0.39 is 0 Å². The highest BCUT2D eigenvalue weighted by Gasteiger charge is 2.17. The molecule has 0 aliphatic carbocycles. The minimum absolute atomic E-state index is 0.355. The van der Waals surface area contributed by atoms with Gasteiger partial charge in [-0.2, -0.15) is 10.2 Å². The SMILES string of the molecule is CCNC(C)C(C)c1nncc2ccccc12. The summed E-state index contributed by atoms with van der Waals surface area (Å²) in [5.74, 6) is 0.355. The highest BCUT2D eigenvalue weighted by Crippen LogP contribution is 2.24. The molecule has 1 aromatic heterocycles. The first kappa shape index (κ1) is 12.0. The second kappa shape index (κ2) is 5.23. The van der Waals surface area contributed by atoms with Gasteiger partial charge in [0.25, 0.3) is 0 Å². The van der Waals surface area contributed by atoms with Crippen LogP contribution in [0.3, 0.4) is 0 Å². The van der Waals surface area contributed by atoms with E-state index in [1.165, 1.54) is 5.39 Å².